The number of hydrogen-bond donors (Lipinski definition) is 1. The molecule has 29 heavy (non-hydrogen) atoms. The van der Waals surface area contributed by atoms with Crippen LogP contribution in [0.4, 0.5) is 0 Å². The molecule has 4 heteroatoms. The molecule has 4 atom stereocenters. The molecule has 1 saturated carbocycles. The number of imide groups is 1. The maximum absolute atomic E-state index is 13.5. The normalized spacial score (nSPS) is 30.9. The molecule has 4 nitrogen and oxygen atoms in total. The molecular formula is C25H25NO3. The van der Waals surface area contributed by atoms with Crippen molar-refractivity contribution in [2.45, 2.75) is 56.6 Å². The summed E-state index contributed by atoms with van der Waals surface area (Å²) in [6, 6.07) is 10.4. The number of hydrogen-bond acceptors (Lipinski definition) is 3. The van der Waals surface area contributed by atoms with Crippen LogP contribution in [0, 0.1) is 11.8 Å². The van der Waals surface area contributed by atoms with Crippen molar-refractivity contribution in [1.82, 2.24) is 4.90 Å². The van der Waals surface area contributed by atoms with E-state index in [4.69, 9.17) is 0 Å². The van der Waals surface area contributed by atoms with Crippen molar-refractivity contribution in [3.63, 3.8) is 0 Å². The van der Waals surface area contributed by atoms with E-state index in [1.54, 1.807) is 4.90 Å². The number of benzene rings is 2. The largest absolute Gasteiger partial charge is 0.392 e. The topological polar surface area (TPSA) is 57.6 Å². The highest BCUT2D eigenvalue weighted by Gasteiger charge is 2.59. The van der Waals surface area contributed by atoms with Crippen molar-refractivity contribution in [3.05, 3.63) is 59.2 Å². The summed E-state index contributed by atoms with van der Waals surface area (Å²) >= 11 is 0. The van der Waals surface area contributed by atoms with Crippen LogP contribution in [0.25, 0.3) is 10.8 Å². The highest BCUT2D eigenvalue weighted by Crippen LogP contribution is 2.57. The van der Waals surface area contributed by atoms with E-state index < -0.39 is 0 Å². The van der Waals surface area contributed by atoms with Crippen LogP contribution in [0.15, 0.2) is 42.5 Å². The molecule has 5 aliphatic rings. The number of amides is 2. The van der Waals surface area contributed by atoms with E-state index in [-0.39, 0.29) is 48.1 Å². The fourth-order valence-corrected chi connectivity index (χ4v) is 6.54. The highest BCUT2D eigenvalue weighted by molar-refractivity contribution is 6.08. The Morgan fingerprint density at radius 2 is 1.62 bits per heavy atom. The molecule has 2 aromatic carbocycles. The number of carbonyl (C=O) groups excluding carboxylic acids is 2. The quantitative estimate of drug-likeness (QED) is 0.626. The third-order valence-corrected chi connectivity index (χ3v) is 7.76. The smallest absolute Gasteiger partial charge is 0.234 e. The summed E-state index contributed by atoms with van der Waals surface area (Å²) in [5.41, 5.74) is 3.15. The lowest BCUT2D eigenvalue weighted by atomic mass is 9.59. The molecule has 1 aliphatic heterocycles. The lowest BCUT2D eigenvalue weighted by Crippen LogP contribution is -2.42. The summed E-state index contributed by atoms with van der Waals surface area (Å²) < 4.78 is 0. The van der Waals surface area contributed by atoms with E-state index in [0.717, 1.165) is 53.1 Å². The first-order chi connectivity index (χ1) is 14.2. The number of aliphatic hydroxyl groups excluding tert-OH is 1. The van der Waals surface area contributed by atoms with Gasteiger partial charge in [-0.05, 0) is 40.3 Å². The minimum atomic E-state index is -0.307. The van der Waals surface area contributed by atoms with Gasteiger partial charge in [-0.2, -0.15) is 0 Å². The van der Waals surface area contributed by atoms with Gasteiger partial charge in [0.05, 0.1) is 18.4 Å². The number of rotatable bonds is 2. The van der Waals surface area contributed by atoms with Crippen molar-refractivity contribution < 1.29 is 14.7 Å². The van der Waals surface area contributed by atoms with E-state index in [0.29, 0.717) is 0 Å². The van der Waals surface area contributed by atoms with Crippen molar-refractivity contribution in [2.75, 3.05) is 0 Å². The monoisotopic (exact) mass is 387 g/mol. The fourth-order valence-electron chi connectivity index (χ4n) is 6.54. The van der Waals surface area contributed by atoms with Gasteiger partial charge in [0.2, 0.25) is 11.8 Å². The summed E-state index contributed by atoms with van der Waals surface area (Å²) in [6.45, 7) is -0.0490. The third kappa shape index (κ3) is 2.24. The van der Waals surface area contributed by atoms with Crippen LogP contribution in [-0.4, -0.2) is 27.9 Å². The SMILES string of the molecule is O=C1[C@@H]2[C@H](C(=O)N1C1CCCCC1)[C@H]1C=C[C@@H]2c2cc3ccccc3c(CO)c21. The van der Waals surface area contributed by atoms with Crippen molar-refractivity contribution in [1.29, 1.82) is 0 Å². The van der Waals surface area contributed by atoms with Gasteiger partial charge in [0, 0.05) is 17.9 Å². The lowest BCUT2D eigenvalue weighted by Gasteiger charge is -2.41. The van der Waals surface area contributed by atoms with Crippen molar-refractivity contribution >= 4 is 22.6 Å². The summed E-state index contributed by atoms with van der Waals surface area (Å²) in [6.07, 6.45) is 9.54. The standard InChI is InChI=1S/C25H25NO3/c27-13-20-16-9-5-4-6-14(16)12-19-17-10-11-18(21(19)20)23-22(17)24(28)26(25(23)29)15-7-2-1-3-8-15/h4-6,9-12,15,17-18,22-23,27H,1-3,7-8,13H2/t17-,18+,22+,23-/m1/s1. The average molecular weight is 387 g/mol. The van der Waals surface area contributed by atoms with Crippen LogP contribution < -0.4 is 0 Å². The molecule has 0 aromatic heterocycles. The Kier molecular flexibility index (Phi) is 3.76. The Morgan fingerprint density at radius 1 is 0.931 bits per heavy atom. The van der Waals surface area contributed by atoms with Gasteiger partial charge < -0.3 is 5.11 Å². The predicted molar refractivity (Wildman–Crippen MR) is 110 cm³/mol. The molecule has 0 spiro atoms. The summed E-state index contributed by atoms with van der Waals surface area (Å²) in [5.74, 6) is -0.709. The van der Waals surface area contributed by atoms with Crippen LogP contribution in [0.1, 0.15) is 60.6 Å². The van der Waals surface area contributed by atoms with E-state index in [9.17, 15) is 14.7 Å². The van der Waals surface area contributed by atoms with Gasteiger partial charge in [-0.25, -0.2) is 0 Å². The molecule has 7 rings (SSSR count). The maximum Gasteiger partial charge on any atom is 0.234 e. The molecule has 1 saturated heterocycles. The fraction of sp³-hybridized carbons (Fsp3) is 0.440. The molecule has 4 aliphatic carbocycles. The van der Waals surface area contributed by atoms with Gasteiger partial charge >= 0.3 is 0 Å². The van der Waals surface area contributed by atoms with Gasteiger partial charge in [0.25, 0.3) is 0 Å². The van der Waals surface area contributed by atoms with Crippen molar-refractivity contribution in [2.24, 2.45) is 11.8 Å². The zero-order valence-corrected chi connectivity index (χ0v) is 16.4. The second kappa shape index (κ2) is 6.27. The van der Waals surface area contributed by atoms with E-state index in [1.807, 2.05) is 18.2 Å². The molecule has 1 heterocycles. The Bertz CT molecular complexity index is 1070. The van der Waals surface area contributed by atoms with E-state index >= 15 is 0 Å². The molecule has 2 fully saturated rings. The van der Waals surface area contributed by atoms with Gasteiger partial charge in [-0.1, -0.05) is 61.7 Å². The number of fused-ring (bicyclic) bond motifs is 1. The van der Waals surface area contributed by atoms with Crippen LogP contribution in [0.3, 0.4) is 0 Å². The van der Waals surface area contributed by atoms with Gasteiger partial charge in [-0.15, -0.1) is 0 Å². The van der Waals surface area contributed by atoms with Gasteiger partial charge in [-0.3, -0.25) is 14.5 Å². The van der Waals surface area contributed by atoms with Gasteiger partial charge in [0.1, 0.15) is 0 Å². The number of nitrogens with zero attached hydrogens (tertiary/aromatic N) is 1. The molecule has 148 valence electrons. The Balaban J connectivity index is 1.51. The maximum atomic E-state index is 13.5. The lowest BCUT2D eigenvalue weighted by molar-refractivity contribution is -0.143. The zero-order valence-electron chi connectivity index (χ0n) is 16.4. The molecule has 0 unspecified atom stereocenters. The second-order valence-electron chi connectivity index (χ2n) is 9.06. The average Bonchev–Trinajstić information content (AvgIpc) is 3.04. The zero-order chi connectivity index (χ0) is 19.7. The molecular weight excluding hydrogens is 362 g/mol. The predicted octanol–water partition coefficient (Wildman–Crippen LogP) is 4.02. The Morgan fingerprint density at radius 3 is 2.38 bits per heavy atom. The highest BCUT2D eigenvalue weighted by atomic mass is 16.3. The number of allylic oxidation sites excluding steroid dienone is 2. The Hall–Kier alpha value is -2.46. The van der Waals surface area contributed by atoms with Gasteiger partial charge in [0.15, 0.2) is 0 Å². The number of aliphatic hydroxyl groups is 1. The second-order valence-corrected chi connectivity index (χ2v) is 9.06. The summed E-state index contributed by atoms with van der Waals surface area (Å²) in [4.78, 5) is 28.7. The molecule has 2 amide bonds. The van der Waals surface area contributed by atoms with Crippen LogP contribution in [-0.2, 0) is 16.2 Å². The first kappa shape index (κ1) is 17.4. The van der Waals surface area contributed by atoms with Crippen LogP contribution >= 0.6 is 0 Å². The van der Waals surface area contributed by atoms with Crippen molar-refractivity contribution in [3.8, 4) is 0 Å². The number of likely N-dealkylation sites (tertiary alicyclic amines) is 1. The summed E-state index contributed by atoms with van der Waals surface area (Å²) in [7, 11) is 0. The first-order valence-corrected chi connectivity index (χ1v) is 10.9. The number of carbonyl (C=O) groups is 2. The summed E-state index contributed by atoms with van der Waals surface area (Å²) in [5, 5.41) is 12.4. The molecule has 2 bridgehead atoms. The molecule has 2 aromatic rings. The van der Waals surface area contributed by atoms with E-state index in [1.165, 1.54) is 6.42 Å². The molecule has 1 N–H and O–H groups in total. The third-order valence-electron chi connectivity index (χ3n) is 7.76. The Labute approximate surface area is 170 Å². The first-order valence-electron chi connectivity index (χ1n) is 10.9. The molecule has 0 radical (unpaired) electrons. The minimum Gasteiger partial charge on any atom is -0.392 e. The van der Waals surface area contributed by atoms with Crippen LogP contribution in [0.5, 0.6) is 0 Å². The van der Waals surface area contributed by atoms with E-state index in [2.05, 4.69) is 24.3 Å². The minimum absolute atomic E-state index is 0.0222. The van der Waals surface area contributed by atoms with Crippen LogP contribution in [0.2, 0.25) is 0 Å².